The Kier molecular flexibility index (Phi) is 4.07. The van der Waals surface area contributed by atoms with Crippen molar-refractivity contribution in [3.8, 4) is 0 Å². The van der Waals surface area contributed by atoms with Crippen molar-refractivity contribution in [3.05, 3.63) is 29.8 Å². The van der Waals surface area contributed by atoms with Crippen molar-refractivity contribution < 1.29 is 39.5 Å². The summed E-state index contributed by atoms with van der Waals surface area (Å²) in [5.74, 6) is -9.23. The van der Waals surface area contributed by atoms with E-state index in [9.17, 15) is 39.5 Å². The van der Waals surface area contributed by atoms with Gasteiger partial charge in [-0.2, -0.15) is 39.5 Å². The summed E-state index contributed by atoms with van der Waals surface area (Å²) in [6.07, 6.45) is -11.4. The molecule has 1 rings (SSSR count). The monoisotopic (exact) mass is 309 g/mol. The lowest BCUT2D eigenvalue weighted by Crippen LogP contribution is -2.42. The first-order valence-electron chi connectivity index (χ1n) is 4.73. The van der Waals surface area contributed by atoms with Crippen molar-refractivity contribution in [1.82, 2.24) is 0 Å². The second-order valence-corrected chi connectivity index (χ2v) is 3.49. The van der Waals surface area contributed by atoms with Crippen molar-refractivity contribution in [2.24, 2.45) is 4.99 Å². The Morgan fingerprint density at radius 3 is 1.80 bits per heavy atom. The average molecular weight is 309 g/mol. The van der Waals surface area contributed by atoms with Crippen LogP contribution >= 0.6 is 0 Å². The second-order valence-electron chi connectivity index (χ2n) is 3.49. The van der Waals surface area contributed by atoms with Crippen LogP contribution < -0.4 is 0 Å². The van der Waals surface area contributed by atoms with Crippen LogP contribution in [-0.4, -0.2) is 18.1 Å². The molecule has 0 aliphatic heterocycles. The lowest BCUT2D eigenvalue weighted by Gasteiger charge is -2.17. The summed E-state index contributed by atoms with van der Waals surface area (Å²) in [6.45, 7) is 0. The number of halogens is 9. The number of benzene rings is 1. The Bertz CT molecular complexity index is 512. The molecule has 112 valence electrons. The Hall–Kier alpha value is -1.74. The maximum atomic E-state index is 12.8. The van der Waals surface area contributed by atoms with Gasteiger partial charge in [-0.05, 0) is 12.1 Å². The fourth-order valence-corrected chi connectivity index (χ4v) is 1.10. The van der Waals surface area contributed by atoms with Crippen molar-refractivity contribution in [1.29, 1.82) is 0 Å². The normalized spacial score (nSPS) is 14.6. The van der Waals surface area contributed by atoms with Crippen LogP contribution in [0.3, 0.4) is 0 Å². The van der Waals surface area contributed by atoms with Gasteiger partial charge in [0.15, 0.2) is 0 Å². The molecule has 0 radical (unpaired) electrons. The molecule has 0 saturated carbocycles. The van der Waals surface area contributed by atoms with E-state index in [4.69, 9.17) is 0 Å². The van der Waals surface area contributed by atoms with Gasteiger partial charge >= 0.3 is 18.3 Å². The molecule has 0 aromatic heterocycles. The summed E-state index contributed by atoms with van der Waals surface area (Å²) in [5, 5.41) is 0. The van der Waals surface area contributed by atoms with Gasteiger partial charge in [0.1, 0.15) is 0 Å². The van der Waals surface area contributed by atoms with E-state index >= 15 is 0 Å². The van der Waals surface area contributed by atoms with Crippen LogP contribution in [0.2, 0.25) is 0 Å². The van der Waals surface area contributed by atoms with Crippen LogP contribution in [0, 0.1) is 0 Å². The SMILES string of the molecule is FC(=Nc1ccccc1C(F)(F)F)C(F)(F)C(F)(F)F. The summed E-state index contributed by atoms with van der Waals surface area (Å²) < 4.78 is 111. The highest BCUT2D eigenvalue weighted by Crippen LogP contribution is 2.40. The molecule has 0 N–H and O–H groups in total. The zero-order chi connectivity index (χ0) is 15.8. The molecule has 0 spiro atoms. The Morgan fingerprint density at radius 1 is 0.850 bits per heavy atom. The fourth-order valence-electron chi connectivity index (χ4n) is 1.10. The van der Waals surface area contributed by atoms with E-state index in [1.54, 1.807) is 0 Å². The zero-order valence-corrected chi connectivity index (χ0v) is 9.16. The number of rotatable bonds is 2. The fraction of sp³-hybridized carbons (Fsp3) is 0.300. The van der Waals surface area contributed by atoms with Crippen molar-refractivity contribution >= 4 is 11.7 Å². The maximum absolute atomic E-state index is 12.8. The van der Waals surface area contributed by atoms with E-state index in [-0.39, 0.29) is 0 Å². The number of alkyl halides is 8. The highest BCUT2D eigenvalue weighted by molar-refractivity contribution is 5.86. The summed E-state index contributed by atoms with van der Waals surface area (Å²) in [7, 11) is 0. The third-order valence-corrected chi connectivity index (χ3v) is 2.04. The van der Waals surface area contributed by atoms with Crippen molar-refractivity contribution in [2.75, 3.05) is 0 Å². The quantitative estimate of drug-likeness (QED) is 0.544. The number of para-hydroxylation sites is 1. The van der Waals surface area contributed by atoms with Gasteiger partial charge in [-0.1, -0.05) is 12.1 Å². The Balaban J connectivity index is 3.32. The molecule has 0 bridgehead atoms. The maximum Gasteiger partial charge on any atom is 0.462 e. The Morgan fingerprint density at radius 2 is 1.35 bits per heavy atom. The topological polar surface area (TPSA) is 12.4 Å². The number of aliphatic imine (C=N–C) groups is 1. The Labute approximate surface area is 105 Å². The molecule has 0 aliphatic rings. The van der Waals surface area contributed by atoms with Gasteiger partial charge in [-0.25, -0.2) is 4.99 Å². The van der Waals surface area contributed by atoms with Gasteiger partial charge in [0.2, 0.25) is 0 Å². The minimum absolute atomic E-state index is 0.373. The molecule has 1 aromatic rings. The van der Waals surface area contributed by atoms with Crippen LogP contribution in [0.25, 0.3) is 0 Å². The summed E-state index contributed by atoms with van der Waals surface area (Å²) in [5.41, 5.74) is -3.01. The van der Waals surface area contributed by atoms with Crippen molar-refractivity contribution in [2.45, 2.75) is 18.3 Å². The molecule has 10 heteroatoms. The third-order valence-electron chi connectivity index (χ3n) is 2.04. The lowest BCUT2D eigenvalue weighted by atomic mass is 10.1. The molecule has 0 atom stereocenters. The molecular weight excluding hydrogens is 305 g/mol. The van der Waals surface area contributed by atoms with Gasteiger partial charge in [0.05, 0.1) is 11.3 Å². The molecular formula is C10H4F9N. The van der Waals surface area contributed by atoms with E-state index < -0.39 is 35.5 Å². The standard InChI is InChI=1S/C10H4F9N/c11-7(8(12,13)10(17,18)19)20-6-4-2-1-3-5(6)9(14,15)16/h1-4H. The molecule has 0 amide bonds. The first-order valence-corrected chi connectivity index (χ1v) is 4.73. The van der Waals surface area contributed by atoms with Gasteiger partial charge < -0.3 is 0 Å². The number of nitrogens with zero attached hydrogens (tertiary/aromatic N) is 1. The van der Waals surface area contributed by atoms with Crippen LogP contribution in [0.4, 0.5) is 45.2 Å². The van der Waals surface area contributed by atoms with Crippen LogP contribution in [0.15, 0.2) is 29.3 Å². The highest BCUT2D eigenvalue weighted by Gasteiger charge is 2.62. The van der Waals surface area contributed by atoms with Gasteiger partial charge in [-0.15, -0.1) is 0 Å². The molecule has 1 nitrogen and oxygen atoms in total. The van der Waals surface area contributed by atoms with Gasteiger partial charge in [0, 0.05) is 0 Å². The number of hydrogen-bond acceptors (Lipinski definition) is 1. The minimum atomic E-state index is -6.30. The summed E-state index contributed by atoms with van der Waals surface area (Å²) >= 11 is 0. The van der Waals surface area contributed by atoms with Gasteiger partial charge in [-0.3, -0.25) is 0 Å². The van der Waals surface area contributed by atoms with E-state index in [0.717, 1.165) is 12.1 Å². The third kappa shape index (κ3) is 3.23. The molecule has 0 aliphatic carbocycles. The minimum Gasteiger partial charge on any atom is -0.218 e. The average Bonchev–Trinajstić information content (AvgIpc) is 2.26. The first-order chi connectivity index (χ1) is 8.87. The van der Waals surface area contributed by atoms with Crippen LogP contribution in [0.1, 0.15) is 5.56 Å². The summed E-state index contributed by atoms with van der Waals surface area (Å²) in [6, 6.07) is 2.57. The molecule has 0 saturated heterocycles. The zero-order valence-electron chi connectivity index (χ0n) is 9.16. The van der Waals surface area contributed by atoms with Gasteiger partial charge in [0.25, 0.3) is 5.97 Å². The van der Waals surface area contributed by atoms with E-state index in [1.807, 2.05) is 0 Å². The van der Waals surface area contributed by atoms with E-state index in [1.165, 1.54) is 0 Å². The van der Waals surface area contributed by atoms with E-state index in [0.29, 0.717) is 12.1 Å². The van der Waals surface area contributed by atoms with E-state index in [2.05, 4.69) is 4.99 Å². The molecule has 0 unspecified atom stereocenters. The highest BCUT2D eigenvalue weighted by atomic mass is 19.4. The molecule has 1 aromatic carbocycles. The number of hydrogen-bond donors (Lipinski definition) is 0. The first kappa shape index (κ1) is 16.3. The molecule has 0 heterocycles. The smallest absolute Gasteiger partial charge is 0.218 e. The second kappa shape index (κ2) is 4.98. The predicted octanol–water partition coefficient (Wildman–Crippen LogP) is 4.90. The molecule has 0 fully saturated rings. The van der Waals surface area contributed by atoms with Crippen molar-refractivity contribution in [3.63, 3.8) is 0 Å². The lowest BCUT2D eigenvalue weighted by molar-refractivity contribution is -0.252. The van der Waals surface area contributed by atoms with Crippen LogP contribution in [-0.2, 0) is 6.18 Å². The van der Waals surface area contributed by atoms with Crippen LogP contribution in [0.5, 0.6) is 0 Å². The predicted molar refractivity (Wildman–Crippen MR) is 50.6 cm³/mol. The largest absolute Gasteiger partial charge is 0.462 e. The summed E-state index contributed by atoms with van der Waals surface area (Å²) in [4.78, 5) is 2.12. The molecule has 20 heavy (non-hydrogen) atoms.